The molecule has 7 heteroatoms. The molecule has 2 amide bonds. The summed E-state index contributed by atoms with van der Waals surface area (Å²) in [6.45, 7) is 5.25. The molecular weight excluding hydrogens is 392 g/mol. The Hall–Kier alpha value is -2.90. The maximum atomic E-state index is 12.5. The minimum atomic E-state index is -0.649. The first kappa shape index (κ1) is 22.8. The molecule has 2 aromatic rings. The molecule has 1 fully saturated rings. The number of nitrogens with one attached hydrogen (secondary N) is 2. The van der Waals surface area contributed by atoms with E-state index in [9.17, 15) is 9.59 Å². The first-order chi connectivity index (χ1) is 15.0. The fourth-order valence-electron chi connectivity index (χ4n) is 3.74. The molecule has 0 spiro atoms. The van der Waals surface area contributed by atoms with Crippen LogP contribution in [0.2, 0.25) is 0 Å². The number of benzene rings is 2. The number of carbonyl (C=O) groups excluding carboxylic acids is 2. The lowest BCUT2D eigenvalue weighted by atomic mass is 10.0. The zero-order valence-corrected chi connectivity index (χ0v) is 18.6. The number of rotatable bonds is 7. The lowest BCUT2D eigenvalue weighted by Crippen LogP contribution is -2.45. The van der Waals surface area contributed by atoms with E-state index in [2.05, 4.69) is 39.8 Å². The molecule has 166 valence electrons. The summed E-state index contributed by atoms with van der Waals surface area (Å²) in [6, 6.07) is 15.8. The van der Waals surface area contributed by atoms with E-state index in [0.29, 0.717) is 25.4 Å². The maximum Gasteiger partial charge on any atom is 0.313 e. The van der Waals surface area contributed by atoms with Gasteiger partial charge in [-0.05, 0) is 35.7 Å². The van der Waals surface area contributed by atoms with E-state index in [1.54, 1.807) is 0 Å². The van der Waals surface area contributed by atoms with E-state index < -0.39 is 11.8 Å². The van der Waals surface area contributed by atoms with E-state index in [4.69, 9.17) is 4.74 Å². The minimum absolute atomic E-state index is 0.0280. The van der Waals surface area contributed by atoms with Crippen LogP contribution in [-0.4, -0.2) is 63.7 Å². The number of hydrogen-bond donors (Lipinski definition) is 2. The monoisotopic (exact) mass is 424 g/mol. The Balaban J connectivity index is 1.67. The van der Waals surface area contributed by atoms with Gasteiger partial charge in [-0.25, -0.2) is 0 Å². The first-order valence-corrected chi connectivity index (χ1v) is 10.8. The van der Waals surface area contributed by atoms with Crippen molar-refractivity contribution in [2.24, 2.45) is 0 Å². The molecule has 1 aliphatic heterocycles. The highest BCUT2D eigenvalue weighted by Crippen LogP contribution is 2.24. The molecule has 1 saturated heterocycles. The molecule has 0 bridgehead atoms. The predicted molar refractivity (Wildman–Crippen MR) is 123 cm³/mol. The molecule has 1 atom stereocenters. The number of amides is 2. The second kappa shape index (κ2) is 10.9. The molecule has 2 N–H and O–H groups in total. The molecule has 0 radical (unpaired) electrons. The standard InChI is InChI=1S/C24H32N4O3/c1-4-18-7-5-6-8-21(18)26-24(30)23(29)25-17-22(28-13-15-31-16-14-28)19-9-11-20(12-10-19)27(2)3/h5-12,22H,4,13-17H2,1-3H3,(H,25,29)(H,26,30)/t22-/m0/s1. The van der Waals surface area contributed by atoms with E-state index in [-0.39, 0.29) is 6.04 Å². The molecule has 3 rings (SSSR count). The summed E-state index contributed by atoms with van der Waals surface area (Å²) in [7, 11) is 4.01. The van der Waals surface area contributed by atoms with E-state index >= 15 is 0 Å². The summed E-state index contributed by atoms with van der Waals surface area (Å²) in [5.74, 6) is -1.28. The average molecular weight is 425 g/mol. The topological polar surface area (TPSA) is 73.9 Å². The number of aryl methyl sites for hydroxylation is 1. The van der Waals surface area contributed by atoms with Crippen LogP contribution < -0.4 is 15.5 Å². The Bertz CT molecular complexity index is 877. The third-order valence-electron chi connectivity index (χ3n) is 5.59. The van der Waals surface area contributed by atoms with Gasteiger partial charge in [-0.2, -0.15) is 0 Å². The van der Waals surface area contributed by atoms with Gasteiger partial charge in [0.15, 0.2) is 0 Å². The Labute approximate surface area is 184 Å². The first-order valence-electron chi connectivity index (χ1n) is 10.8. The molecule has 2 aromatic carbocycles. The van der Waals surface area contributed by atoms with Crippen molar-refractivity contribution in [3.8, 4) is 0 Å². The van der Waals surface area contributed by atoms with Gasteiger partial charge >= 0.3 is 11.8 Å². The molecule has 0 aromatic heterocycles. The second-order valence-corrected chi connectivity index (χ2v) is 7.82. The van der Waals surface area contributed by atoms with Crippen molar-refractivity contribution in [1.82, 2.24) is 10.2 Å². The van der Waals surface area contributed by atoms with Crippen molar-refractivity contribution in [3.05, 3.63) is 59.7 Å². The Kier molecular flexibility index (Phi) is 8.03. The molecule has 7 nitrogen and oxygen atoms in total. The highest BCUT2D eigenvalue weighted by atomic mass is 16.5. The number of anilines is 2. The summed E-state index contributed by atoms with van der Waals surface area (Å²) < 4.78 is 5.49. The van der Waals surface area contributed by atoms with Crippen LogP contribution in [0.4, 0.5) is 11.4 Å². The quantitative estimate of drug-likeness (QED) is 0.668. The van der Waals surface area contributed by atoms with Gasteiger partial charge in [0, 0.05) is 45.1 Å². The second-order valence-electron chi connectivity index (χ2n) is 7.82. The molecule has 0 aliphatic carbocycles. The SMILES string of the molecule is CCc1ccccc1NC(=O)C(=O)NC[C@@H](c1ccc(N(C)C)cc1)N1CCOCC1. The van der Waals surface area contributed by atoms with Crippen molar-refractivity contribution in [1.29, 1.82) is 0 Å². The summed E-state index contributed by atoms with van der Waals surface area (Å²) in [6.07, 6.45) is 0.778. The molecule has 1 aliphatic rings. The number of morpholine rings is 1. The third-order valence-corrected chi connectivity index (χ3v) is 5.59. The number of nitrogens with zero attached hydrogens (tertiary/aromatic N) is 2. The highest BCUT2D eigenvalue weighted by molar-refractivity contribution is 6.39. The van der Waals surface area contributed by atoms with Crippen LogP contribution in [0, 0.1) is 0 Å². The van der Waals surface area contributed by atoms with Crippen LogP contribution in [-0.2, 0) is 20.7 Å². The van der Waals surface area contributed by atoms with Crippen LogP contribution >= 0.6 is 0 Å². The summed E-state index contributed by atoms with van der Waals surface area (Å²) in [5.41, 5.74) is 3.89. The molecule has 1 heterocycles. The number of para-hydroxylation sites is 1. The normalized spacial score (nSPS) is 15.2. The van der Waals surface area contributed by atoms with E-state index in [1.807, 2.05) is 50.2 Å². The van der Waals surface area contributed by atoms with Gasteiger partial charge in [0.2, 0.25) is 0 Å². The van der Waals surface area contributed by atoms with E-state index in [0.717, 1.165) is 36.3 Å². The number of ether oxygens (including phenoxy) is 1. The Morgan fingerprint density at radius 1 is 1.03 bits per heavy atom. The van der Waals surface area contributed by atoms with Crippen molar-refractivity contribution < 1.29 is 14.3 Å². The van der Waals surface area contributed by atoms with Crippen molar-refractivity contribution in [3.63, 3.8) is 0 Å². The van der Waals surface area contributed by atoms with Crippen LogP contribution in [0.5, 0.6) is 0 Å². The van der Waals surface area contributed by atoms with Gasteiger partial charge in [-0.3, -0.25) is 14.5 Å². The summed E-state index contributed by atoms with van der Waals surface area (Å²) in [4.78, 5) is 29.3. The van der Waals surface area contributed by atoms with Crippen molar-refractivity contribution in [2.45, 2.75) is 19.4 Å². The Morgan fingerprint density at radius 3 is 2.35 bits per heavy atom. The Morgan fingerprint density at radius 2 is 1.71 bits per heavy atom. The fraction of sp³-hybridized carbons (Fsp3) is 0.417. The predicted octanol–water partition coefficient (Wildman–Crippen LogP) is 2.44. The van der Waals surface area contributed by atoms with Gasteiger partial charge in [0.1, 0.15) is 0 Å². The van der Waals surface area contributed by atoms with E-state index in [1.165, 1.54) is 0 Å². The summed E-state index contributed by atoms with van der Waals surface area (Å²) in [5, 5.41) is 5.56. The molecule has 0 unspecified atom stereocenters. The average Bonchev–Trinajstić information content (AvgIpc) is 2.80. The lowest BCUT2D eigenvalue weighted by Gasteiger charge is -2.35. The minimum Gasteiger partial charge on any atom is -0.379 e. The van der Waals surface area contributed by atoms with Gasteiger partial charge in [-0.15, -0.1) is 0 Å². The number of hydrogen-bond acceptors (Lipinski definition) is 5. The number of carbonyl (C=O) groups is 2. The zero-order valence-electron chi connectivity index (χ0n) is 18.6. The molecule has 0 saturated carbocycles. The maximum absolute atomic E-state index is 12.5. The van der Waals surface area contributed by atoms with Crippen molar-refractivity contribution >= 4 is 23.2 Å². The largest absolute Gasteiger partial charge is 0.379 e. The van der Waals surface area contributed by atoms with Crippen LogP contribution in [0.1, 0.15) is 24.1 Å². The van der Waals surface area contributed by atoms with Gasteiger partial charge in [0.25, 0.3) is 0 Å². The third kappa shape index (κ3) is 6.06. The van der Waals surface area contributed by atoms with Crippen LogP contribution in [0.3, 0.4) is 0 Å². The van der Waals surface area contributed by atoms with Gasteiger partial charge in [-0.1, -0.05) is 37.3 Å². The zero-order chi connectivity index (χ0) is 22.2. The van der Waals surface area contributed by atoms with Gasteiger partial charge in [0.05, 0.1) is 19.3 Å². The van der Waals surface area contributed by atoms with Crippen LogP contribution in [0.25, 0.3) is 0 Å². The molecule has 31 heavy (non-hydrogen) atoms. The lowest BCUT2D eigenvalue weighted by molar-refractivity contribution is -0.136. The van der Waals surface area contributed by atoms with Crippen LogP contribution in [0.15, 0.2) is 48.5 Å². The smallest absolute Gasteiger partial charge is 0.313 e. The highest BCUT2D eigenvalue weighted by Gasteiger charge is 2.24. The van der Waals surface area contributed by atoms with Gasteiger partial charge < -0.3 is 20.3 Å². The fourth-order valence-corrected chi connectivity index (χ4v) is 3.74. The molecular formula is C24H32N4O3. The van der Waals surface area contributed by atoms with Crippen molar-refractivity contribution in [2.75, 3.05) is 57.2 Å². The summed E-state index contributed by atoms with van der Waals surface area (Å²) >= 11 is 0.